The summed E-state index contributed by atoms with van der Waals surface area (Å²) in [4.78, 5) is 61.2. The summed E-state index contributed by atoms with van der Waals surface area (Å²) in [7, 11) is 0. The molecule has 16 nitrogen and oxygen atoms in total. The molecule has 554 valence electrons. The number of nitrogens with zero attached hydrogens (tertiary/aromatic N) is 16. The van der Waals surface area contributed by atoms with Crippen LogP contribution in [0, 0.1) is 22.7 Å². The molecule has 0 radical (unpaired) electrons. The number of fused-ring (bicyclic) bond motifs is 6. The van der Waals surface area contributed by atoms with Crippen LogP contribution in [0.3, 0.4) is 0 Å². The second kappa shape index (κ2) is 29.5. The summed E-state index contributed by atoms with van der Waals surface area (Å²) in [5.74, 6) is 4.87. The Morgan fingerprint density at radius 1 is 0.220 bits per heavy atom. The number of aromatic nitrogens is 14. The normalized spacial score (nSPS) is 11.5. The number of nitriles is 2. The Kier molecular flexibility index (Phi) is 17.7. The smallest absolute Gasteiger partial charge is 0.309 e. The fourth-order valence-corrected chi connectivity index (χ4v) is 15.3. The lowest BCUT2D eigenvalue weighted by Crippen LogP contribution is -2.11. The molecule has 0 spiro atoms. The molecule has 0 bridgehead atoms. The first kappa shape index (κ1) is 70.6. The predicted octanol–water partition coefficient (Wildman–Crippen LogP) is 23.1. The van der Waals surface area contributed by atoms with Crippen LogP contribution in [0.5, 0.6) is 0 Å². The standard InChI is InChI=1S/C99H57F3N16/c100-99(101,102)79-43-25-42-72(58-103)86(79)78-57-84(117-80-48-44-68(95-109-87(60-26-9-1-10-27-60)105-88(110-95)61-28-11-2-12-29-61)52-74(80)75-53-69(45-49-81(75)117)96-111-89(62-30-13-3-14-31-62)106-90(112-96)63-32-15-4-16-33-63)73(59-104)56-85(78)118-82-50-46-70(97-113-91(64-34-17-5-18-35-64)107-92(114-97)65-36-19-6-20-37-65)54-76(82)77-55-71(47-51-83(77)118)98-115-93(66-38-21-7-22-39-66)108-94(116-98)67-40-23-8-24-41-67/h1-57H. The van der Waals surface area contributed by atoms with Gasteiger partial charge in [-0.3, -0.25) is 0 Å². The first-order chi connectivity index (χ1) is 58.0. The fourth-order valence-electron chi connectivity index (χ4n) is 15.3. The third-order valence-electron chi connectivity index (χ3n) is 20.8. The first-order valence-corrected chi connectivity index (χ1v) is 37.9. The molecule has 0 aliphatic carbocycles. The maximum Gasteiger partial charge on any atom is 0.417 e. The topological polar surface area (TPSA) is 212 Å². The van der Waals surface area contributed by atoms with Crippen molar-refractivity contribution in [1.82, 2.24) is 68.9 Å². The van der Waals surface area contributed by atoms with E-state index in [0.717, 1.165) is 50.6 Å². The van der Waals surface area contributed by atoms with E-state index in [1.807, 2.05) is 325 Å². The summed E-state index contributed by atoms with van der Waals surface area (Å²) in [5, 5.41) is 26.0. The molecule has 118 heavy (non-hydrogen) atoms. The molecule has 0 unspecified atom stereocenters. The quantitative estimate of drug-likeness (QED) is 0.0934. The van der Waals surface area contributed by atoms with Gasteiger partial charge in [0.2, 0.25) is 0 Å². The van der Waals surface area contributed by atoms with Crippen molar-refractivity contribution in [2.45, 2.75) is 6.18 Å². The van der Waals surface area contributed by atoms with Gasteiger partial charge in [0.15, 0.2) is 69.9 Å². The first-order valence-electron chi connectivity index (χ1n) is 37.9. The molecule has 0 aliphatic rings. The summed E-state index contributed by atoms with van der Waals surface area (Å²) in [5.41, 5.74) is 9.19. The van der Waals surface area contributed by atoms with Crippen molar-refractivity contribution < 1.29 is 13.2 Å². The van der Waals surface area contributed by atoms with Gasteiger partial charge in [0.25, 0.3) is 0 Å². The van der Waals surface area contributed by atoms with Crippen molar-refractivity contribution in [3.8, 4) is 171 Å². The van der Waals surface area contributed by atoms with Crippen molar-refractivity contribution in [1.29, 1.82) is 10.5 Å². The number of alkyl halides is 3. The van der Waals surface area contributed by atoms with E-state index in [4.69, 9.17) is 59.8 Å². The van der Waals surface area contributed by atoms with Crippen molar-refractivity contribution >= 4 is 43.6 Å². The minimum atomic E-state index is -5.02. The number of hydrogen-bond acceptors (Lipinski definition) is 14. The Hall–Kier alpha value is -16.5. The molecule has 0 amide bonds. The van der Waals surface area contributed by atoms with Crippen LogP contribution in [0.1, 0.15) is 16.7 Å². The van der Waals surface area contributed by atoms with E-state index in [0.29, 0.717) is 136 Å². The maximum absolute atomic E-state index is 16.5. The number of rotatable bonds is 15. The summed E-state index contributed by atoms with van der Waals surface area (Å²) in [6, 6.07) is 112. The van der Waals surface area contributed by atoms with Gasteiger partial charge >= 0.3 is 6.18 Å². The van der Waals surface area contributed by atoms with Crippen molar-refractivity contribution in [3.63, 3.8) is 0 Å². The highest BCUT2D eigenvalue weighted by Gasteiger charge is 2.37. The van der Waals surface area contributed by atoms with E-state index < -0.39 is 17.3 Å². The van der Waals surface area contributed by atoms with Crippen molar-refractivity contribution in [2.75, 3.05) is 0 Å². The van der Waals surface area contributed by atoms with Crippen LogP contribution in [-0.2, 0) is 6.18 Å². The minimum Gasteiger partial charge on any atom is -0.309 e. The Morgan fingerprint density at radius 2 is 0.449 bits per heavy atom. The van der Waals surface area contributed by atoms with E-state index >= 15 is 13.2 Å². The van der Waals surface area contributed by atoms with Gasteiger partial charge in [-0.1, -0.05) is 249 Å². The van der Waals surface area contributed by atoms with E-state index in [-0.39, 0.29) is 28.1 Å². The average Bonchev–Trinajstić information content (AvgIpc) is 1.54. The van der Waals surface area contributed by atoms with Crippen LogP contribution in [0.4, 0.5) is 13.2 Å². The highest BCUT2D eigenvalue weighted by Crippen LogP contribution is 2.48. The molecule has 14 aromatic carbocycles. The van der Waals surface area contributed by atoms with E-state index in [1.165, 1.54) is 12.1 Å². The second-order valence-electron chi connectivity index (χ2n) is 28.1. The van der Waals surface area contributed by atoms with E-state index in [1.54, 1.807) is 12.1 Å². The van der Waals surface area contributed by atoms with Crippen LogP contribution in [-0.4, -0.2) is 68.9 Å². The molecule has 6 heterocycles. The van der Waals surface area contributed by atoms with Crippen LogP contribution in [0.15, 0.2) is 346 Å². The number of benzene rings is 14. The fraction of sp³-hybridized carbons (Fsp3) is 0.0101. The van der Waals surface area contributed by atoms with Gasteiger partial charge in [0, 0.05) is 99.4 Å². The summed E-state index contributed by atoms with van der Waals surface area (Å²) in [6.45, 7) is 0. The number of hydrogen-bond donors (Lipinski definition) is 0. The third-order valence-corrected chi connectivity index (χ3v) is 20.8. The summed E-state index contributed by atoms with van der Waals surface area (Å²) >= 11 is 0. The van der Waals surface area contributed by atoms with E-state index in [9.17, 15) is 10.5 Å². The minimum absolute atomic E-state index is 0.0252. The van der Waals surface area contributed by atoms with Gasteiger partial charge in [0.1, 0.15) is 6.07 Å². The Balaban J connectivity index is 0.860. The third kappa shape index (κ3) is 13.1. The lowest BCUT2D eigenvalue weighted by Gasteiger charge is -2.22. The molecule has 20 rings (SSSR count). The predicted molar refractivity (Wildman–Crippen MR) is 454 cm³/mol. The molecule has 0 atom stereocenters. The largest absolute Gasteiger partial charge is 0.417 e. The zero-order chi connectivity index (χ0) is 79.4. The highest BCUT2D eigenvalue weighted by molar-refractivity contribution is 6.14. The Bertz CT molecular complexity index is 6810. The van der Waals surface area contributed by atoms with Crippen LogP contribution in [0.25, 0.3) is 203 Å². The van der Waals surface area contributed by atoms with Gasteiger partial charge in [-0.05, 0) is 97.1 Å². The molecule has 20 aromatic rings. The summed E-state index contributed by atoms with van der Waals surface area (Å²) in [6.07, 6.45) is -5.02. The maximum atomic E-state index is 16.5. The van der Waals surface area contributed by atoms with Crippen LogP contribution >= 0.6 is 0 Å². The average molecular weight is 1530 g/mol. The molecule has 0 aliphatic heterocycles. The van der Waals surface area contributed by atoms with Gasteiger partial charge in [-0.15, -0.1) is 0 Å². The zero-order valence-corrected chi connectivity index (χ0v) is 62.2. The molecule has 0 saturated carbocycles. The lowest BCUT2D eigenvalue weighted by atomic mass is 9.91. The molecule has 6 aromatic heterocycles. The van der Waals surface area contributed by atoms with Gasteiger partial charge < -0.3 is 9.13 Å². The SMILES string of the molecule is N#Cc1cc(-n2c3ccc(-c4nc(-c5ccccc5)nc(-c5ccccc5)n4)cc3c3cc(-c4nc(-c5ccccc5)nc(-c5ccccc5)n4)ccc32)c(-c2c(C#N)cccc2C(F)(F)F)cc1-n1c2ccc(-c3nc(-c4ccccc4)nc(-c4ccccc4)n3)cc2c2cc(-c3nc(-c4ccccc4)nc(-c4ccccc4)n3)ccc21. The molecule has 19 heteroatoms. The van der Waals surface area contributed by atoms with Crippen molar-refractivity contribution in [3.05, 3.63) is 362 Å². The zero-order valence-electron chi connectivity index (χ0n) is 62.2. The van der Waals surface area contributed by atoms with Crippen molar-refractivity contribution in [2.24, 2.45) is 0 Å². The van der Waals surface area contributed by atoms with Gasteiger partial charge in [-0.25, -0.2) is 59.8 Å². The second-order valence-corrected chi connectivity index (χ2v) is 28.1. The molecular formula is C99H57F3N16. The van der Waals surface area contributed by atoms with Gasteiger partial charge in [-0.2, -0.15) is 23.7 Å². The lowest BCUT2D eigenvalue weighted by molar-refractivity contribution is -0.137. The van der Waals surface area contributed by atoms with Gasteiger partial charge in [0.05, 0.1) is 56.2 Å². The molecular weight excluding hydrogens is 1470 g/mol. The monoisotopic (exact) mass is 1530 g/mol. The molecule has 0 fully saturated rings. The molecule has 0 saturated heterocycles. The Morgan fingerprint density at radius 3 is 0.678 bits per heavy atom. The van der Waals surface area contributed by atoms with Crippen LogP contribution in [0.2, 0.25) is 0 Å². The summed E-state index contributed by atoms with van der Waals surface area (Å²) < 4.78 is 53.3. The molecule has 0 N–H and O–H groups in total. The highest BCUT2D eigenvalue weighted by atomic mass is 19.4. The van der Waals surface area contributed by atoms with E-state index in [2.05, 4.69) is 12.1 Å². The number of halogens is 3. The van der Waals surface area contributed by atoms with Crippen LogP contribution < -0.4 is 0 Å². The Labute approximate surface area is 672 Å².